The van der Waals surface area contributed by atoms with Crippen LogP contribution in [0.3, 0.4) is 0 Å². The predicted molar refractivity (Wildman–Crippen MR) is 122 cm³/mol. The second-order valence-electron chi connectivity index (χ2n) is 8.89. The molecule has 170 valence electrons. The summed E-state index contributed by atoms with van der Waals surface area (Å²) in [4.78, 5) is 32.1. The number of likely N-dealkylation sites (tertiary alicyclic amines) is 1. The molecular formula is C26H32FN3O2. The summed E-state index contributed by atoms with van der Waals surface area (Å²) in [5.41, 5.74) is 1.71. The van der Waals surface area contributed by atoms with Crippen molar-refractivity contribution in [3.63, 3.8) is 0 Å². The van der Waals surface area contributed by atoms with Gasteiger partial charge in [-0.3, -0.25) is 14.5 Å². The highest BCUT2D eigenvalue weighted by atomic mass is 19.1. The van der Waals surface area contributed by atoms with Gasteiger partial charge >= 0.3 is 0 Å². The zero-order chi connectivity index (χ0) is 22.3. The Kier molecular flexibility index (Phi) is 7.53. The third-order valence-corrected chi connectivity index (χ3v) is 6.57. The second kappa shape index (κ2) is 10.7. The fraction of sp³-hybridized carbons (Fsp3) is 0.462. The van der Waals surface area contributed by atoms with E-state index in [4.69, 9.17) is 0 Å². The third-order valence-electron chi connectivity index (χ3n) is 6.57. The Morgan fingerprint density at radius 2 is 1.59 bits per heavy atom. The van der Waals surface area contributed by atoms with E-state index in [0.717, 1.165) is 51.0 Å². The molecule has 2 aliphatic rings. The summed E-state index contributed by atoms with van der Waals surface area (Å²) in [7, 11) is 0. The van der Waals surface area contributed by atoms with Gasteiger partial charge in [0.15, 0.2) is 0 Å². The van der Waals surface area contributed by atoms with Crippen molar-refractivity contribution in [2.75, 3.05) is 39.3 Å². The molecule has 1 atom stereocenters. The molecular weight excluding hydrogens is 405 g/mol. The molecule has 2 aliphatic heterocycles. The van der Waals surface area contributed by atoms with Crippen molar-refractivity contribution < 1.29 is 14.0 Å². The van der Waals surface area contributed by atoms with E-state index in [9.17, 15) is 14.0 Å². The lowest BCUT2D eigenvalue weighted by Gasteiger charge is -2.35. The SMILES string of the molecule is O=C(Cc1ccccc1)N1CCCC(C(=O)N2CCCN(Cc3ccccc3F)CC2)C1. The maximum Gasteiger partial charge on any atom is 0.227 e. The Balaban J connectivity index is 1.30. The average Bonchev–Trinajstić information content (AvgIpc) is 3.06. The molecule has 0 spiro atoms. The van der Waals surface area contributed by atoms with Gasteiger partial charge in [0.05, 0.1) is 12.3 Å². The van der Waals surface area contributed by atoms with Gasteiger partial charge in [0.25, 0.3) is 0 Å². The highest BCUT2D eigenvalue weighted by molar-refractivity contribution is 5.82. The van der Waals surface area contributed by atoms with Crippen molar-refractivity contribution in [1.29, 1.82) is 0 Å². The fourth-order valence-electron chi connectivity index (χ4n) is 4.76. The molecule has 4 rings (SSSR count). The summed E-state index contributed by atoms with van der Waals surface area (Å²) in [6.45, 7) is 4.78. The van der Waals surface area contributed by atoms with Gasteiger partial charge in [0, 0.05) is 51.4 Å². The van der Waals surface area contributed by atoms with Crippen LogP contribution >= 0.6 is 0 Å². The van der Waals surface area contributed by atoms with Crippen LogP contribution in [0, 0.1) is 11.7 Å². The fourth-order valence-corrected chi connectivity index (χ4v) is 4.76. The standard InChI is InChI=1S/C26H32FN3O2/c27-24-12-5-4-10-22(24)19-28-13-7-15-29(17-16-28)26(32)23-11-6-14-30(20-23)25(31)18-21-8-2-1-3-9-21/h1-5,8-10,12,23H,6-7,11,13-20H2. The van der Waals surface area contributed by atoms with E-state index < -0.39 is 0 Å². The minimum absolute atomic E-state index is 0.0978. The van der Waals surface area contributed by atoms with Crippen LogP contribution in [0.25, 0.3) is 0 Å². The lowest BCUT2D eigenvalue weighted by molar-refractivity contribution is -0.140. The van der Waals surface area contributed by atoms with Gasteiger partial charge in [-0.1, -0.05) is 48.5 Å². The Morgan fingerprint density at radius 3 is 2.41 bits per heavy atom. The Morgan fingerprint density at radius 1 is 0.844 bits per heavy atom. The van der Waals surface area contributed by atoms with Gasteiger partial charge in [-0.15, -0.1) is 0 Å². The van der Waals surface area contributed by atoms with Crippen molar-refractivity contribution in [2.24, 2.45) is 5.92 Å². The second-order valence-corrected chi connectivity index (χ2v) is 8.89. The molecule has 2 amide bonds. The molecule has 2 saturated heterocycles. The zero-order valence-corrected chi connectivity index (χ0v) is 18.6. The number of benzene rings is 2. The maximum atomic E-state index is 14.0. The normalized spacial score (nSPS) is 20.1. The van der Waals surface area contributed by atoms with Crippen LogP contribution in [0.5, 0.6) is 0 Å². The molecule has 2 fully saturated rings. The number of hydrogen-bond donors (Lipinski definition) is 0. The van der Waals surface area contributed by atoms with Crippen molar-refractivity contribution in [2.45, 2.75) is 32.2 Å². The van der Waals surface area contributed by atoms with E-state index in [1.54, 1.807) is 6.07 Å². The topological polar surface area (TPSA) is 43.9 Å². The van der Waals surface area contributed by atoms with E-state index >= 15 is 0 Å². The molecule has 2 aromatic rings. The van der Waals surface area contributed by atoms with Crippen LogP contribution in [-0.2, 0) is 22.6 Å². The largest absolute Gasteiger partial charge is 0.342 e. The van der Waals surface area contributed by atoms with Crippen molar-refractivity contribution in [3.8, 4) is 0 Å². The number of hydrogen-bond acceptors (Lipinski definition) is 3. The lowest BCUT2D eigenvalue weighted by atomic mass is 9.95. The van der Waals surface area contributed by atoms with Gasteiger partial charge in [-0.2, -0.15) is 0 Å². The van der Waals surface area contributed by atoms with Crippen LogP contribution < -0.4 is 0 Å². The maximum absolute atomic E-state index is 14.0. The van der Waals surface area contributed by atoms with Gasteiger partial charge in [0.1, 0.15) is 5.82 Å². The first-order valence-electron chi connectivity index (χ1n) is 11.7. The molecule has 0 aromatic heterocycles. The summed E-state index contributed by atoms with van der Waals surface area (Å²) in [6.07, 6.45) is 2.97. The molecule has 0 bridgehead atoms. The summed E-state index contributed by atoms with van der Waals surface area (Å²) in [5.74, 6) is -0.0377. The number of piperidine rings is 1. The molecule has 1 unspecified atom stereocenters. The van der Waals surface area contributed by atoms with Gasteiger partial charge in [-0.25, -0.2) is 4.39 Å². The number of amides is 2. The van der Waals surface area contributed by atoms with Crippen LogP contribution in [-0.4, -0.2) is 65.8 Å². The number of nitrogens with zero attached hydrogens (tertiary/aromatic N) is 3. The van der Waals surface area contributed by atoms with Crippen LogP contribution in [0.15, 0.2) is 54.6 Å². The van der Waals surface area contributed by atoms with Crippen molar-refractivity contribution in [1.82, 2.24) is 14.7 Å². The number of carbonyl (C=O) groups is 2. The molecule has 0 saturated carbocycles. The summed E-state index contributed by atoms with van der Waals surface area (Å²) < 4.78 is 14.0. The first-order valence-corrected chi connectivity index (χ1v) is 11.7. The molecule has 0 radical (unpaired) electrons. The van der Waals surface area contributed by atoms with Crippen LogP contribution in [0.1, 0.15) is 30.4 Å². The Bertz CT molecular complexity index is 920. The molecule has 5 nitrogen and oxygen atoms in total. The van der Waals surface area contributed by atoms with Gasteiger partial charge < -0.3 is 9.80 Å². The number of rotatable bonds is 5. The van der Waals surface area contributed by atoms with Gasteiger partial charge in [0.2, 0.25) is 11.8 Å². The predicted octanol–water partition coefficient (Wildman–Crippen LogP) is 3.34. The molecule has 2 aromatic carbocycles. The van der Waals surface area contributed by atoms with Crippen molar-refractivity contribution >= 4 is 11.8 Å². The van der Waals surface area contributed by atoms with E-state index in [1.807, 2.05) is 52.3 Å². The zero-order valence-electron chi connectivity index (χ0n) is 18.6. The number of carbonyl (C=O) groups excluding carboxylic acids is 2. The van der Waals surface area contributed by atoms with E-state index in [2.05, 4.69) is 4.90 Å². The van der Waals surface area contributed by atoms with Crippen LogP contribution in [0.2, 0.25) is 0 Å². The lowest BCUT2D eigenvalue weighted by Crippen LogP contribution is -2.47. The molecule has 2 heterocycles. The quantitative estimate of drug-likeness (QED) is 0.721. The van der Waals surface area contributed by atoms with E-state index in [-0.39, 0.29) is 23.5 Å². The summed E-state index contributed by atoms with van der Waals surface area (Å²) in [6, 6.07) is 16.7. The smallest absolute Gasteiger partial charge is 0.227 e. The summed E-state index contributed by atoms with van der Waals surface area (Å²) in [5, 5.41) is 0. The highest BCUT2D eigenvalue weighted by Crippen LogP contribution is 2.21. The first-order chi connectivity index (χ1) is 15.6. The van der Waals surface area contributed by atoms with Crippen molar-refractivity contribution in [3.05, 3.63) is 71.5 Å². The minimum Gasteiger partial charge on any atom is -0.342 e. The van der Waals surface area contributed by atoms with E-state index in [0.29, 0.717) is 31.6 Å². The monoisotopic (exact) mass is 437 g/mol. The minimum atomic E-state index is -0.174. The number of halogens is 1. The molecule has 0 aliphatic carbocycles. The third kappa shape index (κ3) is 5.74. The summed E-state index contributed by atoms with van der Waals surface area (Å²) >= 11 is 0. The Hall–Kier alpha value is -2.73. The van der Waals surface area contributed by atoms with E-state index in [1.165, 1.54) is 6.07 Å². The molecule has 32 heavy (non-hydrogen) atoms. The first kappa shape index (κ1) is 22.5. The average molecular weight is 438 g/mol. The Labute approximate surface area is 189 Å². The van der Waals surface area contributed by atoms with Crippen LogP contribution in [0.4, 0.5) is 4.39 Å². The highest BCUT2D eigenvalue weighted by Gasteiger charge is 2.32. The molecule has 6 heteroatoms. The molecule has 0 N–H and O–H groups in total. The van der Waals surface area contributed by atoms with Gasteiger partial charge in [-0.05, 0) is 30.9 Å².